The molecule has 86 valence electrons. The maximum Gasteiger partial charge on any atom is 0.270 e. The average Bonchev–Trinajstić information content (AvgIpc) is 2.28. The van der Waals surface area contributed by atoms with E-state index in [9.17, 15) is 14.9 Å². The number of benzene rings is 1. The van der Waals surface area contributed by atoms with Gasteiger partial charge in [-0.2, -0.15) is 0 Å². The van der Waals surface area contributed by atoms with Crippen LogP contribution in [0, 0.1) is 10.1 Å². The van der Waals surface area contributed by atoms with Gasteiger partial charge in [-0.1, -0.05) is 6.92 Å². The summed E-state index contributed by atoms with van der Waals surface area (Å²) in [5.41, 5.74) is 0.179. The summed E-state index contributed by atoms with van der Waals surface area (Å²) in [7, 11) is 0. The van der Waals surface area contributed by atoms with Gasteiger partial charge in [-0.05, 0) is 13.0 Å². The monoisotopic (exact) mass is 223 g/mol. The lowest BCUT2D eigenvalue weighted by Gasteiger charge is -2.07. The van der Waals surface area contributed by atoms with Crippen LogP contribution in [0.3, 0.4) is 0 Å². The highest BCUT2D eigenvalue weighted by atomic mass is 16.6. The third-order valence-corrected chi connectivity index (χ3v) is 2.10. The number of nitro groups is 1. The number of nitro benzene ring substituents is 1. The van der Waals surface area contributed by atoms with E-state index in [2.05, 4.69) is 0 Å². The lowest BCUT2D eigenvalue weighted by Crippen LogP contribution is -2.03. The van der Waals surface area contributed by atoms with Crippen LogP contribution < -0.4 is 4.74 Å². The molecule has 0 amide bonds. The number of rotatable bonds is 5. The molecule has 0 atom stereocenters. The molecule has 0 fully saturated rings. The van der Waals surface area contributed by atoms with Crippen molar-refractivity contribution in [3.8, 4) is 5.75 Å². The van der Waals surface area contributed by atoms with Crippen molar-refractivity contribution in [2.45, 2.75) is 20.3 Å². The lowest BCUT2D eigenvalue weighted by molar-refractivity contribution is -0.384. The van der Waals surface area contributed by atoms with Gasteiger partial charge in [0.25, 0.3) is 5.69 Å². The number of hydrogen-bond acceptors (Lipinski definition) is 4. The molecular weight excluding hydrogens is 210 g/mol. The van der Waals surface area contributed by atoms with E-state index in [4.69, 9.17) is 4.74 Å². The lowest BCUT2D eigenvalue weighted by atomic mass is 10.1. The van der Waals surface area contributed by atoms with Gasteiger partial charge < -0.3 is 4.74 Å². The Morgan fingerprint density at radius 1 is 1.44 bits per heavy atom. The number of nitrogens with zero attached hydrogens (tertiary/aromatic N) is 1. The van der Waals surface area contributed by atoms with E-state index >= 15 is 0 Å². The second-order valence-electron chi connectivity index (χ2n) is 3.15. The smallest absolute Gasteiger partial charge is 0.270 e. The number of hydrogen-bond donors (Lipinski definition) is 0. The van der Waals surface area contributed by atoms with Crippen molar-refractivity contribution in [1.82, 2.24) is 0 Å². The summed E-state index contributed by atoms with van der Waals surface area (Å²) in [4.78, 5) is 21.6. The van der Waals surface area contributed by atoms with Crippen LogP contribution >= 0.6 is 0 Å². The van der Waals surface area contributed by atoms with E-state index in [-0.39, 0.29) is 17.0 Å². The zero-order valence-electron chi connectivity index (χ0n) is 9.23. The van der Waals surface area contributed by atoms with Crippen LogP contribution in [0.1, 0.15) is 30.6 Å². The Labute approximate surface area is 93.2 Å². The van der Waals surface area contributed by atoms with Gasteiger partial charge in [0.2, 0.25) is 0 Å². The molecule has 0 aliphatic heterocycles. The van der Waals surface area contributed by atoms with Crippen LogP contribution in [-0.2, 0) is 0 Å². The van der Waals surface area contributed by atoms with Crippen molar-refractivity contribution in [1.29, 1.82) is 0 Å². The molecule has 0 saturated carbocycles. The molecule has 5 heteroatoms. The molecule has 0 N–H and O–H groups in total. The normalized spacial score (nSPS) is 9.88. The predicted octanol–water partition coefficient (Wildman–Crippen LogP) is 2.59. The van der Waals surface area contributed by atoms with Crippen molar-refractivity contribution in [3.63, 3.8) is 0 Å². The van der Waals surface area contributed by atoms with E-state index < -0.39 is 4.92 Å². The molecule has 1 aromatic rings. The second-order valence-corrected chi connectivity index (χ2v) is 3.15. The molecular formula is C11H13NO4. The molecule has 0 aliphatic carbocycles. The molecule has 0 aromatic heterocycles. The number of Topliss-reactive ketones (excluding diaryl/α,β-unsaturated/α-hetero) is 1. The quantitative estimate of drug-likeness (QED) is 0.437. The largest absolute Gasteiger partial charge is 0.493 e. The maximum atomic E-state index is 11.6. The van der Waals surface area contributed by atoms with Crippen LogP contribution in [0.5, 0.6) is 5.75 Å². The highest BCUT2D eigenvalue weighted by Crippen LogP contribution is 2.25. The van der Waals surface area contributed by atoms with Crippen LogP contribution in [0.25, 0.3) is 0 Å². The summed E-state index contributed by atoms with van der Waals surface area (Å²) in [6.07, 6.45) is 0.293. The standard InChI is InChI=1S/C11H13NO4/c1-3-10(13)9-7-8(12(14)15)5-6-11(9)16-4-2/h5-7H,3-4H2,1-2H3. The number of ether oxygens (including phenoxy) is 1. The van der Waals surface area contributed by atoms with Gasteiger partial charge in [0.05, 0.1) is 17.1 Å². The molecule has 0 spiro atoms. The van der Waals surface area contributed by atoms with Gasteiger partial charge in [0, 0.05) is 18.6 Å². The van der Waals surface area contributed by atoms with Crippen molar-refractivity contribution in [3.05, 3.63) is 33.9 Å². The Bertz CT molecular complexity index is 414. The first-order valence-corrected chi connectivity index (χ1v) is 5.04. The molecule has 1 rings (SSSR count). The Morgan fingerprint density at radius 3 is 2.62 bits per heavy atom. The molecule has 0 saturated heterocycles. The predicted molar refractivity (Wildman–Crippen MR) is 58.9 cm³/mol. The van der Waals surface area contributed by atoms with E-state index in [0.29, 0.717) is 18.8 Å². The summed E-state index contributed by atoms with van der Waals surface area (Å²) >= 11 is 0. The molecule has 0 unspecified atom stereocenters. The van der Waals surface area contributed by atoms with Crippen LogP contribution in [0.4, 0.5) is 5.69 Å². The van der Waals surface area contributed by atoms with Gasteiger partial charge in [-0.15, -0.1) is 0 Å². The van der Waals surface area contributed by atoms with Gasteiger partial charge in [0.1, 0.15) is 5.75 Å². The number of ketones is 1. The van der Waals surface area contributed by atoms with Gasteiger partial charge in [-0.25, -0.2) is 0 Å². The zero-order valence-corrected chi connectivity index (χ0v) is 9.23. The second kappa shape index (κ2) is 5.25. The van der Waals surface area contributed by atoms with Crippen molar-refractivity contribution in [2.24, 2.45) is 0 Å². The molecule has 1 aromatic carbocycles. The minimum atomic E-state index is -0.526. The number of carbonyl (C=O) groups excluding carboxylic acids is 1. The summed E-state index contributed by atoms with van der Waals surface area (Å²) < 4.78 is 5.25. The Balaban J connectivity index is 3.20. The maximum absolute atomic E-state index is 11.6. The average molecular weight is 223 g/mol. The van der Waals surface area contributed by atoms with E-state index in [1.165, 1.54) is 18.2 Å². The topological polar surface area (TPSA) is 69.4 Å². The fourth-order valence-electron chi connectivity index (χ4n) is 1.32. The van der Waals surface area contributed by atoms with Crippen LogP contribution in [0.15, 0.2) is 18.2 Å². The molecule has 16 heavy (non-hydrogen) atoms. The zero-order chi connectivity index (χ0) is 12.1. The van der Waals surface area contributed by atoms with Gasteiger partial charge >= 0.3 is 0 Å². The van der Waals surface area contributed by atoms with Crippen LogP contribution in [0.2, 0.25) is 0 Å². The van der Waals surface area contributed by atoms with Crippen LogP contribution in [-0.4, -0.2) is 17.3 Å². The molecule has 5 nitrogen and oxygen atoms in total. The minimum absolute atomic E-state index is 0.0970. The number of carbonyl (C=O) groups is 1. The third-order valence-electron chi connectivity index (χ3n) is 2.10. The Hall–Kier alpha value is -1.91. The van der Waals surface area contributed by atoms with Gasteiger partial charge in [0.15, 0.2) is 5.78 Å². The number of non-ortho nitro benzene ring substituents is 1. The van der Waals surface area contributed by atoms with E-state index in [0.717, 1.165) is 0 Å². The third kappa shape index (κ3) is 2.56. The summed E-state index contributed by atoms with van der Waals surface area (Å²) in [5, 5.41) is 10.6. The summed E-state index contributed by atoms with van der Waals surface area (Å²) in [5.74, 6) is 0.243. The minimum Gasteiger partial charge on any atom is -0.493 e. The van der Waals surface area contributed by atoms with Gasteiger partial charge in [-0.3, -0.25) is 14.9 Å². The van der Waals surface area contributed by atoms with Crippen molar-refractivity contribution in [2.75, 3.05) is 6.61 Å². The first-order valence-electron chi connectivity index (χ1n) is 5.04. The molecule has 0 aliphatic rings. The molecule has 0 heterocycles. The Kier molecular flexibility index (Phi) is 3.99. The van der Waals surface area contributed by atoms with E-state index in [1.54, 1.807) is 13.8 Å². The molecule has 0 bridgehead atoms. The highest BCUT2D eigenvalue weighted by molar-refractivity contribution is 5.99. The fourth-order valence-corrected chi connectivity index (χ4v) is 1.32. The fraction of sp³-hybridized carbons (Fsp3) is 0.364. The first kappa shape index (κ1) is 12.2. The van der Waals surface area contributed by atoms with Crippen molar-refractivity contribution < 1.29 is 14.5 Å². The Morgan fingerprint density at radius 2 is 2.12 bits per heavy atom. The molecule has 0 radical (unpaired) electrons. The van der Waals surface area contributed by atoms with E-state index in [1.807, 2.05) is 0 Å². The van der Waals surface area contributed by atoms with Crippen molar-refractivity contribution >= 4 is 11.5 Å². The SMILES string of the molecule is CCOc1ccc([N+](=O)[O-])cc1C(=O)CC. The summed E-state index contributed by atoms with van der Waals surface area (Å²) in [6, 6.07) is 4.05. The first-order chi connectivity index (χ1) is 7.60. The highest BCUT2D eigenvalue weighted by Gasteiger charge is 2.16. The summed E-state index contributed by atoms with van der Waals surface area (Å²) in [6.45, 7) is 3.92.